The Morgan fingerprint density at radius 3 is 1.92 bits per heavy atom. The molecule has 172 valence electrons. The fourth-order valence-corrected chi connectivity index (χ4v) is 5.80. The Balaban J connectivity index is 1.54. The van der Waals surface area contributed by atoms with Crippen molar-refractivity contribution in [2.45, 2.75) is 0 Å². The first-order chi connectivity index (χ1) is 20.0. The summed E-state index contributed by atoms with van der Waals surface area (Å²) in [5, 5.41) is 5.08. The van der Waals surface area contributed by atoms with Crippen molar-refractivity contribution in [3.05, 3.63) is 133 Å². The van der Waals surface area contributed by atoms with Crippen molar-refractivity contribution in [2.24, 2.45) is 0 Å². The maximum absolute atomic E-state index is 9.11. The highest BCUT2D eigenvalue weighted by Gasteiger charge is 2.22. The van der Waals surface area contributed by atoms with Gasteiger partial charge in [-0.05, 0) is 72.9 Å². The Kier molecular flexibility index (Phi) is 3.53. The van der Waals surface area contributed by atoms with Crippen LogP contribution >= 0.6 is 0 Å². The van der Waals surface area contributed by atoms with E-state index >= 15 is 0 Å². The second-order valence-electron chi connectivity index (χ2n) is 9.38. The van der Waals surface area contributed by atoms with E-state index in [9.17, 15) is 0 Å². The minimum atomic E-state index is -0.238. The lowest BCUT2D eigenvalue weighted by molar-refractivity contribution is 0.487. The van der Waals surface area contributed by atoms with Crippen LogP contribution in [0.3, 0.4) is 0 Å². The van der Waals surface area contributed by atoms with Crippen LogP contribution in [0.1, 0.15) is 5.48 Å². The minimum absolute atomic E-state index is 0.0353. The quantitative estimate of drug-likeness (QED) is 0.226. The number of rotatable bonds is 2. The molecule has 1 heteroatoms. The number of hydrogen-bond donors (Lipinski definition) is 0. The number of ether oxygens (including phenoxy) is 1. The Labute approximate surface area is 220 Å². The van der Waals surface area contributed by atoms with Crippen LogP contribution in [0.4, 0.5) is 0 Å². The summed E-state index contributed by atoms with van der Waals surface area (Å²) < 4.78 is 41.7. The van der Waals surface area contributed by atoms with Crippen LogP contribution in [0.5, 0.6) is 11.5 Å². The van der Waals surface area contributed by atoms with Crippen LogP contribution in [-0.4, -0.2) is 0 Å². The van der Waals surface area contributed by atoms with Crippen LogP contribution in [0.25, 0.3) is 65.7 Å². The maximum Gasteiger partial charge on any atom is 0.135 e. The molecule has 0 bridgehead atoms. The first kappa shape index (κ1) is 16.7. The molecule has 0 N–H and O–H groups in total. The van der Waals surface area contributed by atoms with E-state index in [0.717, 1.165) is 66.4 Å². The molecular formula is C36H22O. The summed E-state index contributed by atoms with van der Waals surface area (Å²) in [5.74, 6) is 1.59. The van der Waals surface area contributed by atoms with E-state index in [0.29, 0.717) is 10.8 Å². The molecule has 0 atom stereocenters. The zero-order valence-corrected chi connectivity index (χ0v) is 19.8. The third-order valence-corrected chi connectivity index (χ3v) is 7.36. The summed E-state index contributed by atoms with van der Waals surface area (Å²) in [4.78, 5) is 0. The molecule has 0 spiro atoms. The summed E-state index contributed by atoms with van der Waals surface area (Å²) in [6.45, 7) is 0. The summed E-state index contributed by atoms with van der Waals surface area (Å²) in [6, 6.07) is 35.7. The second kappa shape index (κ2) is 7.81. The molecule has 0 radical (unpaired) electrons. The van der Waals surface area contributed by atoms with Gasteiger partial charge in [0.15, 0.2) is 0 Å². The molecule has 0 amide bonds. The van der Waals surface area contributed by atoms with Gasteiger partial charge < -0.3 is 4.74 Å². The van der Waals surface area contributed by atoms with Crippen LogP contribution in [-0.2, 0) is 0 Å². The monoisotopic (exact) mass is 474 g/mol. The van der Waals surface area contributed by atoms with Crippen molar-refractivity contribution in [1.82, 2.24) is 0 Å². The van der Waals surface area contributed by atoms with E-state index in [1.54, 1.807) is 0 Å². The molecule has 1 aliphatic heterocycles. The van der Waals surface area contributed by atoms with E-state index in [4.69, 9.17) is 10.2 Å². The van der Waals surface area contributed by atoms with Gasteiger partial charge in [-0.2, -0.15) is 0 Å². The molecule has 1 heterocycles. The highest BCUT2D eigenvalue weighted by molar-refractivity contribution is 6.21. The average Bonchev–Trinajstić information content (AvgIpc) is 3.02. The molecular weight excluding hydrogens is 448 g/mol. The highest BCUT2D eigenvalue weighted by Crippen LogP contribution is 2.49. The van der Waals surface area contributed by atoms with E-state index in [1.165, 1.54) is 0 Å². The molecule has 7 aromatic carbocycles. The largest absolute Gasteiger partial charge is 0.456 e. The van der Waals surface area contributed by atoms with Crippen LogP contribution < -0.4 is 4.74 Å². The summed E-state index contributed by atoms with van der Waals surface area (Å²) >= 11 is 0. The molecule has 1 aliphatic rings. The van der Waals surface area contributed by atoms with Crippen molar-refractivity contribution in [3.8, 4) is 44.9 Å². The molecule has 1 nitrogen and oxygen atoms in total. The maximum atomic E-state index is 9.11. The van der Waals surface area contributed by atoms with E-state index < -0.39 is 0 Å². The first-order valence-corrected chi connectivity index (χ1v) is 12.4. The van der Waals surface area contributed by atoms with Gasteiger partial charge in [0.05, 0.1) is 5.48 Å². The Morgan fingerprint density at radius 2 is 1.16 bits per heavy atom. The lowest BCUT2D eigenvalue weighted by Crippen LogP contribution is -1.97. The van der Waals surface area contributed by atoms with Crippen molar-refractivity contribution in [1.29, 1.82) is 0 Å². The normalized spacial score (nSPS) is 13.5. The molecule has 0 saturated carbocycles. The van der Waals surface area contributed by atoms with Crippen LogP contribution in [0.2, 0.25) is 0 Å². The summed E-state index contributed by atoms with van der Waals surface area (Å²) in [7, 11) is 0. The van der Waals surface area contributed by atoms with Crippen molar-refractivity contribution >= 4 is 32.3 Å². The smallest absolute Gasteiger partial charge is 0.135 e. The van der Waals surface area contributed by atoms with Gasteiger partial charge >= 0.3 is 0 Å². The van der Waals surface area contributed by atoms with Gasteiger partial charge in [-0.25, -0.2) is 0 Å². The SMILES string of the molecule is [2H]c1c([2H])c([2H])c2c(-c3ccc4c(c3)-c3cccc5cccc(c35)O4)c3ccccc3c(-c3ccccc3)c2c1[2H]. The average molecular weight is 475 g/mol. The van der Waals surface area contributed by atoms with Gasteiger partial charge in [0.25, 0.3) is 0 Å². The third kappa shape index (κ3) is 2.98. The van der Waals surface area contributed by atoms with Crippen molar-refractivity contribution in [3.63, 3.8) is 0 Å². The third-order valence-electron chi connectivity index (χ3n) is 7.36. The highest BCUT2D eigenvalue weighted by atomic mass is 16.5. The van der Waals surface area contributed by atoms with Crippen LogP contribution in [0.15, 0.2) is 133 Å². The predicted octanol–water partition coefficient (Wildman–Crippen LogP) is 10.3. The lowest BCUT2D eigenvalue weighted by Gasteiger charge is -2.23. The van der Waals surface area contributed by atoms with Crippen molar-refractivity contribution < 1.29 is 10.2 Å². The molecule has 37 heavy (non-hydrogen) atoms. The van der Waals surface area contributed by atoms with Gasteiger partial charge in [0.2, 0.25) is 0 Å². The number of fused-ring (bicyclic) bond motifs is 4. The van der Waals surface area contributed by atoms with Gasteiger partial charge in [-0.3, -0.25) is 0 Å². The predicted molar refractivity (Wildman–Crippen MR) is 155 cm³/mol. The minimum Gasteiger partial charge on any atom is -0.456 e. The zero-order chi connectivity index (χ0) is 27.8. The molecule has 0 unspecified atom stereocenters. The first-order valence-electron chi connectivity index (χ1n) is 14.4. The molecule has 8 rings (SSSR count). The van der Waals surface area contributed by atoms with Gasteiger partial charge in [-0.1, -0.05) is 115 Å². The fourth-order valence-electron chi connectivity index (χ4n) is 5.80. The van der Waals surface area contributed by atoms with Gasteiger partial charge in [0, 0.05) is 10.9 Å². The van der Waals surface area contributed by atoms with E-state index in [2.05, 4.69) is 30.3 Å². The second-order valence-corrected chi connectivity index (χ2v) is 9.38. The Bertz CT molecular complexity index is 2220. The summed E-state index contributed by atoms with van der Waals surface area (Å²) in [6.07, 6.45) is 0. The number of benzene rings is 7. The molecule has 7 aromatic rings. The number of hydrogen-bond acceptors (Lipinski definition) is 1. The summed E-state index contributed by atoms with van der Waals surface area (Å²) in [5.41, 5.74) is 5.42. The van der Waals surface area contributed by atoms with E-state index in [-0.39, 0.29) is 24.2 Å². The Hall–Kier alpha value is -4.88. The Morgan fingerprint density at radius 1 is 0.486 bits per heavy atom. The molecule has 0 fully saturated rings. The van der Waals surface area contributed by atoms with Gasteiger partial charge in [-0.15, -0.1) is 0 Å². The molecule has 0 saturated heterocycles. The molecule has 0 aromatic heterocycles. The van der Waals surface area contributed by atoms with Crippen molar-refractivity contribution in [2.75, 3.05) is 0 Å². The zero-order valence-electron chi connectivity index (χ0n) is 23.8. The topological polar surface area (TPSA) is 9.23 Å². The van der Waals surface area contributed by atoms with Gasteiger partial charge in [0.1, 0.15) is 11.5 Å². The lowest BCUT2D eigenvalue weighted by atomic mass is 9.85. The van der Waals surface area contributed by atoms with Crippen LogP contribution in [0, 0.1) is 0 Å². The van der Waals surface area contributed by atoms with E-state index in [1.807, 2.05) is 78.9 Å². The standard InChI is InChI=1S/C36H22O/c1-2-10-23(11-3-1)34-26-14-4-6-16-28(26)35(29-17-7-5-15-27(29)34)25-20-21-32-31(22-25)30-18-8-12-24-13-9-19-33(37-32)36(24)30/h1-22H/i4D,6D,14D,16D. The fraction of sp³-hybridized carbons (Fsp3) is 0. The molecule has 0 aliphatic carbocycles.